The van der Waals surface area contributed by atoms with Crippen LogP contribution >= 0.6 is 0 Å². The zero-order valence-corrected chi connectivity index (χ0v) is 12.1. The third-order valence-electron chi connectivity index (χ3n) is 5.49. The average Bonchev–Trinajstić information content (AvgIpc) is 2.98. The fraction of sp³-hybridized carbons (Fsp3) is 0.611. The van der Waals surface area contributed by atoms with Crippen LogP contribution in [0.3, 0.4) is 0 Å². The molecule has 2 nitrogen and oxygen atoms in total. The van der Waals surface area contributed by atoms with Gasteiger partial charge in [0, 0.05) is 5.92 Å². The van der Waals surface area contributed by atoms with Gasteiger partial charge in [-0.15, -0.1) is 0 Å². The number of fused-ring (bicyclic) bond motifs is 3. The Morgan fingerprint density at radius 1 is 1.15 bits per heavy atom. The molecule has 20 heavy (non-hydrogen) atoms. The second-order valence-corrected chi connectivity index (χ2v) is 6.62. The Morgan fingerprint density at radius 3 is 3.00 bits per heavy atom. The number of hydrogen-bond donors (Lipinski definition) is 0. The van der Waals surface area contributed by atoms with Crippen LogP contribution < -0.4 is 0 Å². The first-order valence-corrected chi connectivity index (χ1v) is 8.19. The molecule has 0 unspecified atom stereocenters. The predicted molar refractivity (Wildman–Crippen MR) is 81.0 cm³/mol. The Labute approximate surface area is 121 Å². The van der Waals surface area contributed by atoms with Gasteiger partial charge in [-0.3, -0.25) is 4.99 Å². The summed E-state index contributed by atoms with van der Waals surface area (Å²) in [6.07, 6.45) is 14.7. The van der Waals surface area contributed by atoms with E-state index in [-0.39, 0.29) is 0 Å². The molecule has 1 heterocycles. The topological polar surface area (TPSA) is 25.5 Å². The lowest BCUT2D eigenvalue weighted by atomic mass is 9.63. The maximum Gasteiger partial charge on any atom is 0.144 e. The quantitative estimate of drug-likeness (QED) is 0.561. The van der Waals surface area contributed by atoms with Crippen molar-refractivity contribution in [2.45, 2.75) is 57.4 Å². The molecule has 2 bridgehead atoms. The molecule has 3 aliphatic carbocycles. The second-order valence-electron chi connectivity index (χ2n) is 6.62. The van der Waals surface area contributed by atoms with E-state index in [4.69, 9.17) is 9.41 Å². The van der Waals surface area contributed by atoms with Crippen LogP contribution in [0.4, 0.5) is 0 Å². The minimum Gasteiger partial charge on any atom is -0.463 e. The van der Waals surface area contributed by atoms with Gasteiger partial charge in [0.05, 0.1) is 18.5 Å². The van der Waals surface area contributed by atoms with Gasteiger partial charge in [-0.05, 0) is 63.0 Å². The lowest BCUT2D eigenvalue weighted by Gasteiger charge is -2.44. The van der Waals surface area contributed by atoms with E-state index < -0.39 is 0 Å². The Balaban J connectivity index is 1.62. The number of nitrogens with zero attached hydrogens (tertiary/aromatic N) is 1. The number of aliphatic imine (C=N–C) groups is 1. The highest BCUT2D eigenvalue weighted by Crippen LogP contribution is 2.49. The first-order chi connectivity index (χ1) is 9.92. The van der Waals surface area contributed by atoms with Crippen LogP contribution in [0, 0.1) is 11.8 Å². The lowest BCUT2D eigenvalue weighted by molar-refractivity contribution is 0.215. The summed E-state index contributed by atoms with van der Waals surface area (Å²) in [5.74, 6) is 2.42. The van der Waals surface area contributed by atoms with Crippen molar-refractivity contribution in [3.63, 3.8) is 0 Å². The van der Waals surface area contributed by atoms with Gasteiger partial charge in [-0.2, -0.15) is 0 Å². The van der Waals surface area contributed by atoms with Crippen LogP contribution in [0.1, 0.15) is 57.1 Å². The summed E-state index contributed by atoms with van der Waals surface area (Å²) in [5.41, 5.74) is 3.61. The molecule has 1 aromatic heterocycles. The van der Waals surface area contributed by atoms with Crippen molar-refractivity contribution in [1.82, 2.24) is 0 Å². The summed E-state index contributed by atoms with van der Waals surface area (Å²) in [7, 11) is 0. The van der Waals surface area contributed by atoms with Crippen LogP contribution in [0.15, 0.2) is 39.0 Å². The van der Waals surface area contributed by atoms with Gasteiger partial charge in [0.15, 0.2) is 0 Å². The first-order valence-electron chi connectivity index (χ1n) is 8.19. The van der Waals surface area contributed by atoms with E-state index in [1.54, 1.807) is 11.8 Å². The average molecular weight is 269 g/mol. The Bertz CT molecular complexity index is 526. The van der Waals surface area contributed by atoms with Gasteiger partial charge in [-0.1, -0.05) is 17.6 Å². The molecule has 0 aliphatic heterocycles. The van der Waals surface area contributed by atoms with Crippen molar-refractivity contribution in [1.29, 1.82) is 0 Å². The molecule has 0 aromatic carbocycles. The Kier molecular flexibility index (Phi) is 3.25. The molecule has 4 rings (SSSR count). The molecule has 0 N–H and O–H groups in total. The second kappa shape index (κ2) is 5.23. The molecule has 0 radical (unpaired) electrons. The number of rotatable bonds is 2. The van der Waals surface area contributed by atoms with Crippen LogP contribution in [0.5, 0.6) is 0 Å². The van der Waals surface area contributed by atoms with E-state index in [1.807, 2.05) is 23.9 Å². The highest BCUT2D eigenvalue weighted by atomic mass is 16.3. The van der Waals surface area contributed by atoms with Gasteiger partial charge in [-0.25, -0.2) is 0 Å². The van der Waals surface area contributed by atoms with Crippen molar-refractivity contribution in [2.24, 2.45) is 16.8 Å². The van der Waals surface area contributed by atoms with Crippen LogP contribution in [-0.2, 0) is 0 Å². The van der Waals surface area contributed by atoms with Crippen molar-refractivity contribution in [2.75, 3.05) is 0 Å². The predicted octanol–water partition coefficient (Wildman–Crippen LogP) is 4.76. The molecule has 0 saturated heterocycles. The van der Waals surface area contributed by atoms with Crippen LogP contribution in [0.25, 0.3) is 0 Å². The minimum atomic E-state index is 0.519. The summed E-state index contributed by atoms with van der Waals surface area (Å²) in [4.78, 5) is 4.95. The van der Waals surface area contributed by atoms with E-state index in [0.717, 1.165) is 17.6 Å². The Hall–Kier alpha value is -1.31. The maximum absolute atomic E-state index is 5.39. The monoisotopic (exact) mass is 269 g/mol. The first kappa shape index (κ1) is 12.4. The fourth-order valence-electron chi connectivity index (χ4n) is 4.61. The number of allylic oxidation sites excluding steroid dienone is 1. The summed E-state index contributed by atoms with van der Waals surface area (Å²) in [5, 5.41) is 0. The Morgan fingerprint density at radius 2 is 2.10 bits per heavy atom. The van der Waals surface area contributed by atoms with Gasteiger partial charge < -0.3 is 4.42 Å². The summed E-state index contributed by atoms with van der Waals surface area (Å²) in [6.45, 7) is 0. The van der Waals surface area contributed by atoms with Gasteiger partial charge in [0.1, 0.15) is 5.76 Å². The van der Waals surface area contributed by atoms with Crippen LogP contribution in [-0.4, -0.2) is 12.3 Å². The molecule has 0 spiro atoms. The van der Waals surface area contributed by atoms with Crippen molar-refractivity contribution >= 4 is 6.21 Å². The third kappa shape index (κ3) is 2.15. The van der Waals surface area contributed by atoms with Gasteiger partial charge >= 0.3 is 0 Å². The van der Waals surface area contributed by atoms with E-state index in [2.05, 4.69) is 0 Å². The molecule has 3 atom stereocenters. The highest BCUT2D eigenvalue weighted by molar-refractivity contribution is 5.75. The lowest BCUT2D eigenvalue weighted by Crippen LogP contribution is -2.38. The van der Waals surface area contributed by atoms with Crippen molar-refractivity contribution in [3.05, 3.63) is 35.3 Å². The fourth-order valence-corrected chi connectivity index (χ4v) is 4.61. The normalized spacial score (nSPS) is 33.5. The van der Waals surface area contributed by atoms with E-state index in [9.17, 15) is 0 Å². The van der Waals surface area contributed by atoms with E-state index >= 15 is 0 Å². The molecule has 2 heteroatoms. The summed E-state index contributed by atoms with van der Waals surface area (Å²) in [6, 6.07) is 4.45. The molecular formula is C18H23NO. The van der Waals surface area contributed by atoms with E-state index in [0.29, 0.717) is 6.04 Å². The van der Waals surface area contributed by atoms with Crippen molar-refractivity contribution < 1.29 is 4.42 Å². The summed E-state index contributed by atoms with van der Waals surface area (Å²) < 4.78 is 5.39. The molecule has 0 amide bonds. The number of hydrogen-bond acceptors (Lipinski definition) is 2. The van der Waals surface area contributed by atoms with Crippen molar-refractivity contribution in [3.8, 4) is 0 Å². The van der Waals surface area contributed by atoms with Gasteiger partial charge in [0.2, 0.25) is 0 Å². The zero-order valence-electron chi connectivity index (χ0n) is 12.1. The third-order valence-corrected chi connectivity index (χ3v) is 5.49. The molecule has 3 aliphatic rings. The highest BCUT2D eigenvalue weighted by Gasteiger charge is 2.40. The standard InChI is InChI=1S/C18H23NO/c1-2-8-16-13(5-1)11-14-6-3-9-17(16)18(14)19-12-15-7-4-10-20-15/h4,7,10,12,14,17-18H,1-3,5-6,8-9,11H2/t14-,17-,18-/m0/s1. The van der Waals surface area contributed by atoms with Crippen LogP contribution in [0.2, 0.25) is 0 Å². The molecule has 1 saturated carbocycles. The zero-order chi connectivity index (χ0) is 13.4. The smallest absolute Gasteiger partial charge is 0.144 e. The molecule has 1 aromatic rings. The molecule has 1 fully saturated rings. The minimum absolute atomic E-state index is 0.519. The summed E-state index contributed by atoms with van der Waals surface area (Å²) >= 11 is 0. The largest absolute Gasteiger partial charge is 0.463 e. The molecular weight excluding hydrogens is 246 g/mol. The van der Waals surface area contributed by atoms with E-state index in [1.165, 1.54) is 51.4 Å². The maximum atomic E-state index is 5.39. The SMILES string of the molecule is C(=N[C@H]1[C@H]2CCC[C@H]1C1=C(CCCC1)C2)c1ccco1. The molecule has 106 valence electrons. The van der Waals surface area contributed by atoms with Gasteiger partial charge in [0.25, 0.3) is 0 Å². The number of furan rings is 1.